The molecule has 108 heavy (non-hydrogen) atoms. The Hall–Kier alpha value is -13.2. The summed E-state index contributed by atoms with van der Waals surface area (Å²) in [6, 6.07) is 156. The van der Waals surface area contributed by atoms with E-state index < -0.39 is 10.8 Å². The largest absolute Gasteiger partial charge is 0.310 e. The lowest BCUT2D eigenvalue weighted by Crippen LogP contribution is -2.28. The van der Waals surface area contributed by atoms with Gasteiger partial charge in [-0.3, -0.25) is 0 Å². The minimum Gasteiger partial charge on any atom is -0.310 e. The molecule has 17 aromatic carbocycles. The van der Waals surface area contributed by atoms with E-state index in [2.05, 4.69) is 434 Å². The number of benzene rings is 17. The molecule has 508 valence electrons. The van der Waals surface area contributed by atoms with Gasteiger partial charge in [-0.05, 0) is 185 Å². The zero-order chi connectivity index (χ0) is 71.5. The zero-order valence-electron chi connectivity index (χ0n) is 59.1. The molecule has 4 heteroatoms. The second kappa shape index (κ2) is 27.0. The average molecular weight is 1410 g/mol. The van der Waals surface area contributed by atoms with E-state index >= 15 is 0 Å². The summed E-state index contributed by atoms with van der Waals surface area (Å²) < 4.78 is 5.14. The molecule has 0 saturated heterocycles. The number of anilines is 6. The lowest BCUT2D eigenvalue weighted by molar-refractivity contribution is 0.770. The predicted octanol–water partition coefficient (Wildman–Crippen LogP) is 28.8. The highest BCUT2D eigenvalue weighted by Gasteiger charge is 2.47. The highest BCUT2D eigenvalue weighted by atomic mass is 32.1. The molecule has 0 amide bonds. The van der Waals surface area contributed by atoms with Gasteiger partial charge in [-0.2, -0.15) is 0 Å². The Kier molecular flexibility index (Phi) is 16.1. The molecule has 0 bridgehead atoms. The van der Waals surface area contributed by atoms with E-state index in [-0.39, 0.29) is 0 Å². The van der Waals surface area contributed by atoms with E-state index in [4.69, 9.17) is 0 Å². The second-order valence-corrected chi connectivity index (χ2v) is 30.3. The van der Waals surface area contributed by atoms with E-state index in [0.29, 0.717) is 0 Å². The Balaban J connectivity index is 0.000000143. The fraction of sp³-hybridized carbons (Fsp3) is 0.0192. The monoisotopic (exact) mass is 1410 g/mol. The molecule has 0 N–H and O–H groups in total. The van der Waals surface area contributed by atoms with Crippen LogP contribution >= 0.6 is 22.7 Å². The average Bonchev–Trinajstić information content (AvgIpc) is 1.53. The Morgan fingerprint density at radius 1 is 0.167 bits per heavy atom. The third-order valence-electron chi connectivity index (χ3n) is 22.3. The lowest BCUT2D eigenvalue weighted by Gasteiger charge is -2.33. The molecular weight excluding hydrogens is 1340 g/mol. The minimum atomic E-state index is -0.420. The summed E-state index contributed by atoms with van der Waals surface area (Å²) in [4.78, 5) is 4.77. The van der Waals surface area contributed by atoms with Crippen LogP contribution in [0.1, 0.15) is 44.5 Å². The van der Waals surface area contributed by atoms with Crippen LogP contribution in [0.5, 0.6) is 0 Å². The highest BCUT2D eigenvalue weighted by Crippen LogP contribution is 2.59. The predicted molar refractivity (Wildman–Crippen MR) is 459 cm³/mol. The molecule has 19 aromatic rings. The van der Waals surface area contributed by atoms with Crippen molar-refractivity contribution in [1.82, 2.24) is 0 Å². The minimum absolute atomic E-state index is 0.405. The first kappa shape index (κ1) is 64.4. The first-order chi connectivity index (χ1) is 53.5. The number of hydrogen-bond donors (Lipinski definition) is 0. The number of rotatable bonds is 13. The second-order valence-electron chi connectivity index (χ2n) is 28.2. The van der Waals surface area contributed by atoms with Crippen molar-refractivity contribution >= 4 is 97.1 Å². The van der Waals surface area contributed by atoms with Crippen LogP contribution in [0, 0.1) is 0 Å². The van der Waals surface area contributed by atoms with Gasteiger partial charge >= 0.3 is 0 Å². The summed E-state index contributed by atoms with van der Waals surface area (Å²) in [5, 5.41) is 5.16. The van der Waals surface area contributed by atoms with Gasteiger partial charge in [-0.25, -0.2) is 0 Å². The van der Waals surface area contributed by atoms with Crippen molar-refractivity contribution in [2.75, 3.05) is 9.80 Å². The SMILES string of the molecule is c1ccc(-c2ccc(N(c3cccc(-c4ccccc4)c3)c3ccc4c(c3)sc3cc(C5(c6ccccc6)c6ccccc6-c6ccccc65)ccc34)cc2)cc1.c1ccc(-c2cccc(N(c3ccccc3)c3ccc4c(c3)sc3cc(C5(c6ccccc6)c6ccccc6-c6ccccc65)ccc34)c2)cc1. The molecule has 0 atom stereocenters. The van der Waals surface area contributed by atoms with Crippen molar-refractivity contribution in [3.05, 3.63) is 469 Å². The van der Waals surface area contributed by atoms with Crippen LogP contribution in [0.4, 0.5) is 34.1 Å². The Bertz CT molecular complexity index is 6460. The third-order valence-corrected chi connectivity index (χ3v) is 24.5. The van der Waals surface area contributed by atoms with Gasteiger partial charge in [-0.15, -0.1) is 22.7 Å². The van der Waals surface area contributed by atoms with Crippen LogP contribution in [0.25, 0.3) is 96.0 Å². The van der Waals surface area contributed by atoms with Gasteiger partial charge in [0.05, 0.1) is 10.8 Å². The topological polar surface area (TPSA) is 6.48 Å². The van der Waals surface area contributed by atoms with Crippen molar-refractivity contribution < 1.29 is 0 Å². The molecule has 2 heterocycles. The van der Waals surface area contributed by atoms with Crippen LogP contribution in [-0.2, 0) is 10.8 Å². The van der Waals surface area contributed by atoms with E-state index in [0.717, 1.165) is 34.1 Å². The molecular formula is C104H70N2S2. The Labute approximate surface area is 637 Å². The molecule has 2 aromatic heterocycles. The van der Waals surface area contributed by atoms with Gasteiger partial charge in [-0.1, -0.05) is 340 Å². The standard InChI is InChI=1S/C55H37NS.C49H33NS/c1-4-15-38(16-5-1)40-27-30-44(31-28-40)56(45-22-14-19-41(35-45)39-17-6-2-7-18-39)46-32-34-50-49-33-29-43(36-53(49)57-54(50)37-46)55(42-20-8-3-9-21-42)51-25-12-10-23-47(51)48-24-11-13-26-52(48)55;1-4-15-34(16-5-1)35-17-14-22-39(31-35)50(38-20-8-3-9-21-38)40-28-30-44-43-29-27-37(32-47(43)51-48(44)33-40)49(36-18-6-2-7-19-36)45-25-12-10-23-41(45)42-24-11-13-26-46(42)49/h1-37H;1-33H. The summed E-state index contributed by atoms with van der Waals surface area (Å²) in [6.07, 6.45) is 0. The zero-order valence-corrected chi connectivity index (χ0v) is 60.8. The molecule has 0 radical (unpaired) electrons. The molecule has 0 aliphatic heterocycles. The van der Waals surface area contributed by atoms with Crippen molar-refractivity contribution in [2.45, 2.75) is 10.8 Å². The summed E-state index contributed by atoms with van der Waals surface area (Å²) in [5.74, 6) is 0. The van der Waals surface area contributed by atoms with Gasteiger partial charge in [0.15, 0.2) is 0 Å². The van der Waals surface area contributed by atoms with Gasteiger partial charge in [0.2, 0.25) is 0 Å². The smallest absolute Gasteiger partial charge is 0.0714 e. The van der Waals surface area contributed by atoms with E-state index in [1.165, 1.54) is 140 Å². The van der Waals surface area contributed by atoms with Gasteiger partial charge in [0.25, 0.3) is 0 Å². The van der Waals surface area contributed by atoms with Crippen LogP contribution in [-0.4, -0.2) is 0 Å². The van der Waals surface area contributed by atoms with E-state index in [1.54, 1.807) is 0 Å². The van der Waals surface area contributed by atoms with Gasteiger partial charge in [0.1, 0.15) is 0 Å². The van der Waals surface area contributed by atoms with Crippen LogP contribution in [0.3, 0.4) is 0 Å². The fourth-order valence-electron chi connectivity index (χ4n) is 17.5. The normalized spacial score (nSPS) is 12.8. The van der Waals surface area contributed by atoms with Gasteiger partial charge in [0, 0.05) is 74.5 Å². The van der Waals surface area contributed by atoms with Crippen LogP contribution in [0.15, 0.2) is 425 Å². The number of hydrogen-bond acceptors (Lipinski definition) is 4. The van der Waals surface area contributed by atoms with Crippen LogP contribution < -0.4 is 9.80 Å². The highest BCUT2D eigenvalue weighted by molar-refractivity contribution is 7.26. The number of thiophene rings is 2. The maximum absolute atomic E-state index is 2.47. The molecule has 2 aliphatic rings. The third kappa shape index (κ3) is 10.8. The summed E-state index contributed by atoms with van der Waals surface area (Å²) >= 11 is 3.77. The molecule has 2 nitrogen and oxygen atoms in total. The maximum atomic E-state index is 2.47. The number of fused-ring (bicyclic) bond motifs is 12. The van der Waals surface area contributed by atoms with E-state index in [9.17, 15) is 0 Å². The van der Waals surface area contributed by atoms with Crippen molar-refractivity contribution in [1.29, 1.82) is 0 Å². The summed E-state index contributed by atoms with van der Waals surface area (Å²) in [6.45, 7) is 0. The number of para-hydroxylation sites is 1. The number of nitrogens with zero attached hydrogens (tertiary/aromatic N) is 2. The molecule has 21 rings (SSSR count). The lowest BCUT2D eigenvalue weighted by atomic mass is 9.67. The maximum Gasteiger partial charge on any atom is 0.0714 e. The first-order valence-electron chi connectivity index (χ1n) is 37.1. The van der Waals surface area contributed by atoms with Crippen LogP contribution in [0.2, 0.25) is 0 Å². The fourth-order valence-corrected chi connectivity index (χ4v) is 19.9. The van der Waals surface area contributed by atoms with Crippen molar-refractivity contribution in [2.24, 2.45) is 0 Å². The molecule has 0 saturated carbocycles. The molecule has 0 unspecified atom stereocenters. The van der Waals surface area contributed by atoms with Crippen molar-refractivity contribution in [3.63, 3.8) is 0 Å². The molecule has 0 spiro atoms. The van der Waals surface area contributed by atoms with Gasteiger partial charge < -0.3 is 9.80 Å². The molecule has 2 aliphatic carbocycles. The van der Waals surface area contributed by atoms with E-state index in [1.807, 2.05) is 22.7 Å². The Morgan fingerprint density at radius 3 is 0.806 bits per heavy atom. The summed E-state index contributed by atoms with van der Waals surface area (Å²) in [5.41, 5.74) is 29.0. The first-order valence-corrected chi connectivity index (χ1v) is 38.7. The molecule has 0 fully saturated rings. The summed E-state index contributed by atoms with van der Waals surface area (Å²) in [7, 11) is 0. The van der Waals surface area contributed by atoms with Crippen molar-refractivity contribution in [3.8, 4) is 55.6 Å². The quantitative estimate of drug-likeness (QED) is 0.114. The Morgan fingerprint density at radius 2 is 0.426 bits per heavy atom.